The summed E-state index contributed by atoms with van der Waals surface area (Å²) in [5.74, 6) is 0.145. The molecule has 0 radical (unpaired) electrons. The second-order valence-corrected chi connectivity index (χ2v) is 7.74. The van der Waals surface area contributed by atoms with Crippen molar-refractivity contribution in [3.05, 3.63) is 35.4 Å². The normalized spacial score (nSPS) is 20.6. The lowest BCUT2D eigenvalue weighted by Gasteiger charge is -2.34. The zero-order valence-electron chi connectivity index (χ0n) is 12.7. The summed E-state index contributed by atoms with van der Waals surface area (Å²) in [6, 6.07) is 6.86. The van der Waals surface area contributed by atoms with Gasteiger partial charge < -0.3 is 5.32 Å². The monoisotopic (exact) mass is 310 g/mol. The molecule has 1 fully saturated rings. The molecule has 1 amide bonds. The zero-order valence-corrected chi connectivity index (χ0v) is 13.5. The molecule has 5 nitrogen and oxygen atoms in total. The molecule has 0 saturated carbocycles. The first-order valence-corrected chi connectivity index (χ1v) is 8.85. The minimum absolute atomic E-state index is 0.000851. The number of nitrogens with one attached hydrogen (secondary N) is 1. The fourth-order valence-corrected chi connectivity index (χ4v) is 3.73. The first-order chi connectivity index (χ1) is 9.86. The van der Waals surface area contributed by atoms with Crippen LogP contribution in [0.2, 0.25) is 0 Å². The van der Waals surface area contributed by atoms with E-state index < -0.39 is 16.1 Å². The van der Waals surface area contributed by atoms with Gasteiger partial charge in [-0.25, -0.2) is 8.42 Å². The van der Waals surface area contributed by atoms with E-state index in [-0.39, 0.29) is 11.7 Å². The average molecular weight is 310 g/mol. The molecule has 0 spiro atoms. The molecule has 1 unspecified atom stereocenters. The lowest BCUT2D eigenvalue weighted by molar-refractivity contribution is -0.126. The van der Waals surface area contributed by atoms with Crippen LogP contribution in [0, 0.1) is 0 Å². The van der Waals surface area contributed by atoms with Gasteiger partial charge in [0.1, 0.15) is 6.04 Å². The molecule has 1 aliphatic rings. The van der Waals surface area contributed by atoms with E-state index in [4.69, 9.17) is 0 Å². The Bertz CT molecular complexity index is 608. The SMILES string of the molecule is CCS(=O)(=O)N1CCNC(=O)C1c1ccc(C(C)C)cc1. The smallest absolute Gasteiger partial charge is 0.243 e. The van der Waals surface area contributed by atoms with Gasteiger partial charge in [-0.05, 0) is 24.0 Å². The molecule has 2 rings (SSSR count). The van der Waals surface area contributed by atoms with E-state index >= 15 is 0 Å². The van der Waals surface area contributed by atoms with Crippen molar-refractivity contribution in [3.8, 4) is 0 Å². The van der Waals surface area contributed by atoms with Gasteiger partial charge in [0.2, 0.25) is 15.9 Å². The van der Waals surface area contributed by atoms with Crippen LogP contribution in [0.4, 0.5) is 0 Å². The van der Waals surface area contributed by atoms with Crippen LogP contribution < -0.4 is 5.32 Å². The number of rotatable bonds is 4. The quantitative estimate of drug-likeness (QED) is 0.919. The molecular formula is C15H22N2O3S. The maximum absolute atomic E-state index is 12.2. The first kappa shape index (κ1) is 16.0. The van der Waals surface area contributed by atoms with E-state index in [0.717, 1.165) is 0 Å². The van der Waals surface area contributed by atoms with Gasteiger partial charge in [0.15, 0.2) is 0 Å². The van der Waals surface area contributed by atoms with Crippen molar-refractivity contribution in [3.63, 3.8) is 0 Å². The number of amides is 1. The van der Waals surface area contributed by atoms with Crippen molar-refractivity contribution in [1.82, 2.24) is 9.62 Å². The van der Waals surface area contributed by atoms with Crippen molar-refractivity contribution in [1.29, 1.82) is 0 Å². The Labute approximate surface area is 126 Å². The summed E-state index contributed by atoms with van der Waals surface area (Å²) >= 11 is 0. The van der Waals surface area contributed by atoms with Gasteiger partial charge in [-0.1, -0.05) is 38.1 Å². The first-order valence-electron chi connectivity index (χ1n) is 7.24. The number of piperazine rings is 1. The van der Waals surface area contributed by atoms with Crippen LogP contribution in [-0.2, 0) is 14.8 Å². The number of hydrogen-bond donors (Lipinski definition) is 1. The topological polar surface area (TPSA) is 66.5 Å². The van der Waals surface area contributed by atoms with Crippen molar-refractivity contribution >= 4 is 15.9 Å². The van der Waals surface area contributed by atoms with Crippen LogP contribution in [0.3, 0.4) is 0 Å². The Hall–Kier alpha value is -1.40. The molecule has 1 heterocycles. The van der Waals surface area contributed by atoms with Gasteiger partial charge in [-0.2, -0.15) is 4.31 Å². The molecular weight excluding hydrogens is 288 g/mol. The van der Waals surface area contributed by atoms with Crippen LogP contribution >= 0.6 is 0 Å². The number of carbonyl (C=O) groups is 1. The van der Waals surface area contributed by atoms with E-state index in [1.54, 1.807) is 6.92 Å². The fraction of sp³-hybridized carbons (Fsp3) is 0.533. The summed E-state index contributed by atoms with van der Waals surface area (Å²) in [6.45, 7) is 6.46. The van der Waals surface area contributed by atoms with Gasteiger partial charge in [0.25, 0.3) is 0 Å². The van der Waals surface area contributed by atoms with Crippen molar-refractivity contribution in [2.24, 2.45) is 0 Å². The van der Waals surface area contributed by atoms with Crippen LogP contribution in [0.25, 0.3) is 0 Å². The summed E-state index contributed by atoms with van der Waals surface area (Å²) in [5.41, 5.74) is 1.88. The fourth-order valence-electron chi connectivity index (χ4n) is 2.49. The second-order valence-electron chi connectivity index (χ2n) is 5.53. The van der Waals surface area contributed by atoms with E-state index in [9.17, 15) is 13.2 Å². The van der Waals surface area contributed by atoms with Gasteiger partial charge >= 0.3 is 0 Å². The minimum Gasteiger partial charge on any atom is -0.353 e. The van der Waals surface area contributed by atoms with E-state index in [1.165, 1.54) is 9.87 Å². The molecule has 1 aliphatic heterocycles. The molecule has 1 N–H and O–H groups in total. The van der Waals surface area contributed by atoms with Crippen LogP contribution in [0.1, 0.15) is 43.9 Å². The Morgan fingerprint density at radius 2 is 1.90 bits per heavy atom. The number of carbonyl (C=O) groups excluding carboxylic acids is 1. The standard InChI is InChI=1S/C15H22N2O3S/c1-4-21(19,20)17-10-9-16-15(18)14(17)13-7-5-12(6-8-13)11(2)3/h5-8,11,14H,4,9-10H2,1-3H3,(H,16,18). The number of hydrogen-bond acceptors (Lipinski definition) is 3. The Balaban J connectivity index is 2.38. The highest BCUT2D eigenvalue weighted by Gasteiger charge is 2.37. The number of sulfonamides is 1. The summed E-state index contributed by atoms with van der Waals surface area (Å²) in [6.07, 6.45) is 0. The molecule has 0 aliphatic carbocycles. The number of nitrogens with zero attached hydrogens (tertiary/aromatic N) is 1. The highest BCUT2D eigenvalue weighted by molar-refractivity contribution is 7.89. The third-order valence-electron chi connectivity index (χ3n) is 3.81. The third kappa shape index (κ3) is 3.27. The van der Waals surface area contributed by atoms with Crippen LogP contribution in [0.15, 0.2) is 24.3 Å². The maximum Gasteiger partial charge on any atom is 0.243 e. The highest BCUT2D eigenvalue weighted by atomic mass is 32.2. The predicted molar refractivity (Wildman–Crippen MR) is 82.4 cm³/mol. The lowest BCUT2D eigenvalue weighted by atomic mass is 9.98. The van der Waals surface area contributed by atoms with Gasteiger partial charge in [-0.15, -0.1) is 0 Å². The summed E-state index contributed by atoms with van der Waals surface area (Å²) in [4.78, 5) is 12.2. The second kappa shape index (κ2) is 6.15. The zero-order chi connectivity index (χ0) is 15.6. The van der Waals surface area contributed by atoms with Crippen molar-refractivity contribution < 1.29 is 13.2 Å². The maximum atomic E-state index is 12.2. The van der Waals surface area contributed by atoms with Crippen LogP contribution in [-0.4, -0.2) is 37.5 Å². The summed E-state index contributed by atoms with van der Waals surface area (Å²) < 4.78 is 25.7. The van der Waals surface area contributed by atoms with Gasteiger partial charge in [0, 0.05) is 13.1 Å². The van der Waals surface area contributed by atoms with Gasteiger partial charge in [0.05, 0.1) is 5.75 Å². The highest BCUT2D eigenvalue weighted by Crippen LogP contribution is 2.27. The van der Waals surface area contributed by atoms with Crippen LogP contribution in [0.5, 0.6) is 0 Å². The molecule has 0 bridgehead atoms. The third-order valence-corrected chi connectivity index (χ3v) is 5.65. The van der Waals surface area contributed by atoms with Crippen molar-refractivity contribution in [2.75, 3.05) is 18.8 Å². The molecule has 6 heteroatoms. The summed E-state index contributed by atoms with van der Waals surface area (Å²) in [5, 5.41) is 2.75. The Morgan fingerprint density at radius 1 is 1.29 bits per heavy atom. The number of benzene rings is 1. The molecule has 21 heavy (non-hydrogen) atoms. The molecule has 116 valence electrons. The lowest BCUT2D eigenvalue weighted by Crippen LogP contribution is -2.52. The van der Waals surface area contributed by atoms with E-state index in [1.807, 2.05) is 24.3 Å². The van der Waals surface area contributed by atoms with Gasteiger partial charge in [-0.3, -0.25) is 4.79 Å². The molecule has 1 aromatic carbocycles. The minimum atomic E-state index is -3.41. The largest absolute Gasteiger partial charge is 0.353 e. The molecule has 1 aromatic rings. The Kier molecular flexibility index (Phi) is 4.68. The average Bonchev–Trinajstić information content (AvgIpc) is 2.47. The Morgan fingerprint density at radius 3 is 2.43 bits per heavy atom. The van der Waals surface area contributed by atoms with E-state index in [0.29, 0.717) is 24.6 Å². The van der Waals surface area contributed by atoms with E-state index in [2.05, 4.69) is 19.2 Å². The molecule has 1 atom stereocenters. The molecule has 1 saturated heterocycles. The van der Waals surface area contributed by atoms with Crippen molar-refractivity contribution in [2.45, 2.75) is 32.7 Å². The predicted octanol–water partition coefficient (Wildman–Crippen LogP) is 1.63. The summed E-state index contributed by atoms with van der Waals surface area (Å²) in [7, 11) is -3.41. The molecule has 0 aromatic heterocycles.